The summed E-state index contributed by atoms with van der Waals surface area (Å²) in [5.41, 5.74) is 4.30. The standard InChI is InChI=1S/C11H12N2S/c1-9-3-2-4-10(5-9)13-7-11-6-12-8-14-11/h2-6,8,13H,7H2,1H3. The predicted molar refractivity (Wildman–Crippen MR) is 60.6 cm³/mol. The monoisotopic (exact) mass is 204 g/mol. The van der Waals surface area contributed by atoms with Gasteiger partial charge in [0.25, 0.3) is 0 Å². The molecule has 0 radical (unpaired) electrons. The van der Waals surface area contributed by atoms with Crippen LogP contribution in [0.25, 0.3) is 0 Å². The maximum atomic E-state index is 4.03. The van der Waals surface area contributed by atoms with Crippen molar-refractivity contribution in [3.8, 4) is 0 Å². The minimum atomic E-state index is 0.855. The van der Waals surface area contributed by atoms with E-state index in [2.05, 4.69) is 41.5 Å². The molecule has 0 unspecified atom stereocenters. The number of nitrogens with one attached hydrogen (secondary N) is 1. The van der Waals surface area contributed by atoms with Crippen LogP contribution in [0.4, 0.5) is 5.69 Å². The van der Waals surface area contributed by atoms with E-state index in [0.29, 0.717) is 0 Å². The number of hydrogen-bond acceptors (Lipinski definition) is 3. The van der Waals surface area contributed by atoms with Gasteiger partial charge in [0.2, 0.25) is 0 Å². The van der Waals surface area contributed by atoms with Crippen molar-refractivity contribution in [2.75, 3.05) is 5.32 Å². The first kappa shape index (κ1) is 9.21. The van der Waals surface area contributed by atoms with Crippen LogP contribution < -0.4 is 5.32 Å². The van der Waals surface area contributed by atoms with Crippen molar-refractivity contribution in [2.24, 2.45) is 0 Å². The summed E-state index contributed by atoms with van der Waals surface area (Å²) in [6, 6.07) is 8.37. The number of hydrogen-bond donors (Lipinski definition) is 1. The smallest absolute Gasteiger partial charge is 0.0794 e. The number of aryl methyl sites for hydroxylation is 1. The van der Waals surface area contributed by atoms with Crippen LogP contribution >= 0.6 is 11.3 Å². The number of rotatable bonds is 3. The zero-order valence-corrected chi connectivity index (χ0v) is 8.84. The summed E-state index contributed by atoms with van der Waals surface area (Å²) in [5, 5.41) is 3.36. The van der Waals surface area contributed by atoms with Crippen molar-refractivity contribution in [3.63, 3.8) is 0 Å². The Morgan fingerprint density at radius 2 is 2.36 bits per heavy atom. The molecule has 2 rings (SSSR count). The van der Waals surface area contributed by atoms with Gasteiger partial charge in [0.05, 0.1) is 12.1 Å². The van der Waals surface area contributed by atoms with Crippen molar-refractivity contribution in [3.05, 3.63) is 46.4 Å². The molecule has 0 fully saturated rings. The third kappa shape index (κ3) is 2.33. The first-order valence-corrected chi connectivity index (χ1v) is 5.40. The first-order chi connectivity index (χ1) is 6.84. The third-order valence-corrected chi connectivity index (χ3v) is 2.75. The average molecular weight is 204 g/mol. The number of anilines is 1. The number of nitrogens with zero attached hydrogens (tertiary/aromatic N) is 1. The highest BCUT2D eigenvalue weighted by atomic mass is 32.1. The van der Waals surface area contributed by atoms with Gasteiger partial charge in [0.15, 0.2) is 0 Å². The highest BCUT2D eigenvalue weighted by molar-refractivity contribution is 7.09. The van der Waals surface area contributed by atoms with Crippen LogP contribution in [0.5, 0.6) is 0 Å². The molecule has 0 aliphatic heterocycles. The molecule has 1 N–H and O–H groups in total. The molecule has 0 bridgehead atoms. The molecule has 0 atom stereocenters. The van der Waals surface area contributed by atoms with Gasteiger partial charge in [-0.25, -0.2) is 0 Å². The lowest BCUT2D eigenvalue weighted by Crippen LogP contribution is -1.97. The van der Waals surface area contributed by atoms with Crippen LogP contribution in [-0.2, 0) is 6.54 Å². The average Bonchev–Trinajstić information content (AvgIpc) is 2.67. The Labute approximate surface area is 87.6 Å². The van der Waals surface area contributed by atoms with Crippen molar-refractivity contribution in [2.45, 2.75) is 13.5 Å². The van der Waals surface area contributed by atoms with E-state index in [-0.39, 0.29) is 0 Å². The molecule has 0 aliphatic rings. The lowest BCUT2D eigenvalue weighted by Gasteiger charge is -2.04. The Bertz CT molecular complexity index is 395. The minimum Gasteiger partial charge on any atom is -0.380 e. The van der Waals surface area contributed by atoms with E-state index in [9.17, 15) is 0 Å². The van der Waals surface area contributed by atoms with Gasteiger partial charge in [-0.2, -0.15) is 0 Å². The van der Waals surface area contributed by atoms with Crippen molar-refractivity contribution in [1.29, 1.82) is 0 Å². The number of aromatic nitrogens is 1. The Kier molecular flexibility index (Phi) is 2.79. The van der Waals surface area contributed by atoms with Crippen LogP contribution in [0, 0.1) is 6.92 Å². The number of thiazole rings is 1. The molecule has 2 aromatic rings. The lowest BCUT2D eigenvalue weighted by atomic mass is 10.2. The normalized spacial score (nSPS) is 10.1. The zero-order valence-electron chi connectivity index (χ0n) is 8.03. The van der Waals surface area contributed by atoms with E-state index >= 15 is 0 Å². The van der Waals surface area contributed by atoms with Gasteiger partial charge >= 0.3 is 0 Å². The van der Waals surface area contributed by atoms with Gasteiger partial charge < -0.3 is 5.32 Å². The summed E-state index contributed by atoms with van der Waals surface area (Å²) in [5.74, 6) is 0. The van der Waals surface area contributed by atoms with E-state index in [0.717, 1.165) is 6.54 Å². The maximum absolute atomic E-state index is 4.03. The van der Waals surface area contributed by atoms with Gasteiger partial charge in [0, 0.05) is 16.8 Å². The molecule has 3 heteroatoms. The highest BCUT2D eigenvalue weighted by Crippen LogP contribution is 2.12. The molecule has 0 amide bonds. The Morgan fingerprint density at radius 3 is 3.07 bits per heavy atom. The van der Waals surface area contributed by atoms with Crippen molar-refractivity contribution in [1.82, 2.24) is 4.98 Å². The molecule has 14 heavy (non-hydrogen) atoms. The summed E-state index contributed by atoms with van der Waals surface area (Å²) >= 11 is 1.67. The van der Waals surface area contributed by atoms with E-state index in [1.807, 2.05) is 11.7 Å². The van der Waals surface area contributed by atoms with Crippen molar-refractivity contribution < 1.29 is 0 Å². The lowest BCUT2D eigenvalue weighted by molar-refractivity contribution is 1.17. The molecule has 0 spiro atoms. The topological polar surface area (TPSA) is 24.9 Å². The van der Waals surface area contributed by atoms with Crippen LogP contribution in [0.15, 0.2) is 36.0 Å². The highest BCUT2D eigenvalue weighted by Gasteiger charge is 1.95. The van der Waals surface area contributed by atoms with Crippen LogP contribution in [0.2, 0.25) is 0 Å². The Morgan fingerprint density at radius 1 is 1.43 bits per heavy atom. The summed E-state index contributed by atoms with van der Waals surface area (Å²) in [6.45, 7) is 2.95. The molecule has 0 aliphatic carbocycles. The second kappa shape index (κ2) is 4.24. The molecule has 72 valence electrons. The SMILES string of the molecule is Cc1cccc(NCc2cncs2)c1. The Balaban J connectivity index is 1.98. The second-order valence-electron chi connectivity index (χ2n) is 3.19. The van der Waals surface area contributed by atoms with Gasteiger partial charge in [0.1, 0.15) is 0 Å². The van der Waals surface area contributed by atoms with Crippen molar-refractivity contribution >= 4 is 17.0 Å². The van der Waals surface area contributed by atoms with Gasteiger partial charge in [-0.1, -0.05) is 12.1 Å². The molecule has 2 nitrogen and oxygen atoms in total. The molecule has 1 heterocycles. The molecule has 0 saturated heterocycles. The maximum Gasteiger partial charge on any atom is 0.0794 e. The summed E-state index contributed by atoms with van der Waals surface area (Å²) < 4.78 is 0. The zero-order chi connectivity index (χ0) is 9.80. The largest absolute Gasteiger partial charge is 0.380 e. The van der Waals surface area contributed by atoms with Gasteiger partial charge in [-0.05, 0) is 24.6 Å². The minimum absolute atomic E-state index is 0.855. The summed E-state index contributed by atoms with van der Waals surface area (Å²) in [4.78, 5) is 5.29. The molecule has 1 aromatic carbocycles. The Hall–Kier alpha value is -1.35. The van der Waals surface area contributed by atoms with E-state index in [4.69, 9.17) is 0 Å². The first-order valence-electron chi connectivity index (χ1n) is 4.52. The van der Waals surface area contributed by atoms with Gasteiger partial charge in [-0.15, -0.1) is 11.3 Å². The van der Waals surface area contributed by atoms with E-state index in [1.54, 1.807) is 11.3 Å². The second-order valence-corrected chi connectivity index (χ2v) is 4.16. The fraction of sp³-hybridized carbons (Fsp3) is 0.182. The van der Waals surface area contributed by atoms with Crippen LogP contribution in [0.1, 0.15) is 10.4 Å². The quantitative estimate of drug-likeness (QED) is 0.831. The fourth-order valence-electron chi connectivity index (χ4n) is 1.27. The third-order valence-electron chi connectivity index (χ3n) is 1.97. The summed E-state index contributed by atoms with van der Waals surface area (Å²) in [7, 11) is 0. The predicted octanol–water partition coefficient (Wildman–Crippen LogP) is 3.06. The van der Waals surface area contributed by atoms with Crippen LogP contribution in [0.3, 0.4) is 0 Å². The molecule has 1 aromatic heterocycles. The number of benzene rings is 1. The molecular formula is C11H12N2S. The van der Waals surface area contributed by atoms with E-state index < -0.39 is 0 Å². The summed E-state index contributed by atoms with van der Waals surface area (Å²) in [6.07, 6.45) is 1.90. The van der Waals surface area contributed by atoms with Crippen LogP contribution in [-0.4, -0.2) is 4.98 Å². The molecule has 0 saturated carbocycles. The van der Waals surface area contributed by atoms with Gasteiger partial charge in [-0.3, -0.25) is 4.98 Å². The fourth-order valence-corrected chi connectivity index (χ4v) is 1.81. The molecular weight excluding hydrogens is 192 g/mol. The van der Waals surface area contributed by atoms with E-state index in [1.165, 1.54) is 16.1 Å².